The molecular weight excluding hydrogens is 397 g/mol. The number of morpholine rings is 1. The molecule has 2 aromatic rings. The van der Waals surface area contributed by atoms with Gasteiger partial charge in [0.05, 0.1) is 24.5 Å². The summed E-state index contributed by atoms with van der Waals surface area (Å²) in [7, 11) is 0. The Kier molecular flexibility index (Phi) is 7.23. The van der Waals surface area contributed by atoms with Gasteiger partial charge in [-0.3, -0.25) is 14.5 Å². The van der Waals surface area contributed by atoms with Crippen LogP contribution in [0.5, 0.6) is 0 Å². The van der Waals surface area contributed by atoms with E-state index in [0.29, 0.717) is 31.6 Å². The van der Waals surface area contributed by atoms with Gasteiger partial charge in [0.1, 0.15) is 0 Å². The summed E-state index contributed by atoms with van der Waals surface area (Å²) in [5.41, 5.74) is -0.391. The van der Waals surface area contributed by atoms with E-state index in [-0.39, 0.29) is 17.0 Å². The normalized spacial score (nSPS) is 15.0. The number of anilines is 1. The minimum Gasteiger partial charge on any atom is -0.379 e. The summed E-state index contributed by atoms with van der Waals surface area (Å²) < 4.78 is 44.0. The number of Topliss-reactive ketones (excluding diaryl/α,β-unsaturated/α-hetero) is 1. The van der Waals surface area contributed by atoms with Crippen molar-refractivity contribution in [3.8, 4) is 0 Å². The molecule has 0 saturated carbocycles. The van der Waals surface area contributed by atoms with Crippen molar-refractivity contribution in [2.45, 2.75) is 19.0 Å². The first-order valence-corrected chi connectivity index (χ1v) is 9.75. The molecule has 1 amide bonds. The van der Waals surface area contributed by atoms with Crippen molar-refractivity contribution in [2.75, 3.05) is 38.2 Å². The van der Waals surface area contributed by atoms with Gasteiger partial charge in [-0.25, -0.2) is 0 Å². The van der Waals surface area contributed by atoms with Crippen LogP contribution in [0.25, 0.3) is 0 Å². The van der Waals surface area contributed by atoms with Gasteiger partial charge < -0.3 is 10.1 Å². The number of benzene rings is 2. The number of nitrogens with zero attached hydrogens (tertiary/aromatic N) is 1. The van der Waals surface area contributed by atoms with Crippen LogP contribution in [0.2, 0.25) is 0 Å². The molecule has 0 spiro atoms. The lowest BCUT2D eigenvalue weighted by molar-refractivity contribution is -0.137. The first kappa shape index (κ1) is 22.0. The lowest BCUT2D eigenvalue weighted by Gasteiger charge is -2.26. The maximum Gasteiger partial charge on any atom is 0.416 e. The lowest BCUT2D eigenvalue weighted by Crippen LogP contribution is -2.36. The first-order chi connectivity index (χ1) is 14.3. The molecule has 0 unspecified atom stereocenters. The fourth-order valence-corrected chi connectivity index (χ4v) is 3.29. The summed E-state index contributed by atoms with van der Waals surface area (Å²) in [6.07, 6.45) is -3.55. The molecule has 160 valence electrons. The Morgan fingerprint density at radius 1 is 1.03 bits per heavy atom. The van der Waals surface area contributed by atoms with Gasteiger partial charge in [-0.05, 0) is 43.3 Å². The maximum atomic E-state index is 12.9. The van der Waals surface area contributed by atoms with E-state index in [4.69, 9.17) is 4.74 Å². The fourth-order valence-electron chi connectivity index (χ4n) is 3.29. The standard InChI is InChI=1S/C22H23F3N2O3/c23-22(24,25)17-6-3-5-16(15-17)21(29)26-19-8-2-1-7-18(19)20(28)9-4-10-27-11-13-30-14-12-27/h1-3,5-8,15H,4,9-14H2,(H,26,29). The van der Waals surface area contributed by atoms with Crippen molar-refractivity contribution in [1.29, 1.82) is 0 Å². The van der Waals surface area contributed by atoms with Crippen LogP contribution >= 0.6 is 0 Å². The van der Waals surface area contributed by atoms with Gasteiger partial charge in [0.15, 0.2) is 5.78 Å². The summed E-state index contributed by atoms with van der Waals surface area (Å²) in [6, 6.07) is 10.7. The summed E-state index contributed by atoms with van der Waals surface area (Å²) in [5.74, 6) is -0.821. The number of ether oxygens (including phenoxy) is 1. The van der Waals surface area contributed by atoms with Crippen LogP contribution in [-0.4, -0.2) is 49.4 Å². The number of alkyl halides is 3. The number of halogens is 3. The Morgan fingerprint density at radius 2 is 1.77 bits per heavy atom. The zero-order chi connectivity index (χ0) is 21.6. The van der Waals surface area contributed by atoms with E-state index in [1.165, 1.54) is 12.1 Å². The molecule has 1 heterocycles. The van der Waals surface area contributed by atoms with E-state index >= 15 is 0 Å². The highest BCUT2D eigenvalue weighted by atomic mass is 19.4. The Labute approximate surface area is 172 Å². The number of ketones is 1. The number of amides is 1. The molecule has 0 bridgehead atoms. The molecule has 30 heavy (non-hydrogen) atoms. The van der Waals surface area contributed by atoms with E-state index in [2.05, 4.69) is 10.2 Å². The molecule has 1 aliphatic heterocycles. The third-order valence-electron chi connectivity index (χ3n) is 4.91. The molecule has 8 heteroatoms. The second-order valence-electron chi connectivity index (χ2n) is 7.06. The van der Waals surface area contributed by atoms with Gasteiger partial charge >= 0.3 is 6.18 Å². The predicted octanol–water partition coefficient (Wildman–Crippen LogP) is 4.25. The van der Waals surface area contributed by atoms with Crippen LogP contribution in [0.4, 0.5) is 18.9 Å². The Balaban J connectivity index is 1.64. The highest BCUT2D eigenvalue weighted by molar-refractivity contribution is 6.09. The smallest absolute Gasteiger partial charge is 0.379 e. The van der Waals surface area contributed by atoms with E-state index in [9.17, 15) is 22.8 Å². The summed E-state index contributed by atoms with van der Waals surface area (Å²) in [4.78, 5) is 27.4. The van der Waals surface area contributed by atoms with E-state index in [1.54, 1.807) is 24.3 Å². The Bertz CT molecular complexity index is 893. The van der Waals surface area contributed by atoms with Gasteiger partial charge in [0.25, 0.3) is 5.91 Å². The van der Waals surface area contributed by atoms with Crippen molar-refractivity contribution in [3.05, 3.63) is 65.2 Å². The van der Waals surface area contributed by atoms with Crippen LogP contribution in [0.15, 0.2) is 48.5 Å². The molecule has 1 aliphatic rings. The molecule has 1 N–H and O–H groups in total. The fraction of sp³-hybridized carbons (Fsp3) is 0.364. The van der Waals surface area contributed by atoms with Gasteiger partial charge in [-0.2, -0.15) is 13.2 Å². The number of carbonyl (C=O) groups excluding carboxylic acids is 2. The SMILES string of the molecule is O=C(Nc1ccccc1C(=O)CCCN1CCOCC1)c1cccc(C(F)(F)F)c1. The number of rotatable bonds is 7. The predicted molar refractivity (Wildman–Crippen MR) is 107 cm³/mol. The molecule has 1 fully saturated rings. The van der Waals surface area contributed by atoms with E-state index in [0.717, 1.165) is 31.8 Å². The summed E-state index contributed by atoms with van der Waals surface area (Å²) in [5, 5.41) is 2.57. The topological polar surface area (TPSA) is 58.6 Å². The number of hydrogen-bond donors (Lipinski definition) is 1. The summed E-state index contributed by atoms with van der Waals surface area (Å²) in [6.45, 7) is 3.86. The minimum atomic E-state index is -4.54. The molecule has 1 saturated heterocycles. The second kappa shape index (κ2) is 9.86. The Morgan fingerprint density at radius 3 is 2.50 bits per heavy atom. The molecular formula is C22H23F3N2O3. The van der Waals surface area contributed by atoms with Crippen LogP contribution in [0.3, 0.4) is 0 Å². The zero-order valence-electron chi connectivity index (χ0n) is 16.4. The third kappa shape index (κ3) is 5.90. The number of para-hydroxylation sites is 1. The van der Waals surface area contributed by atoms with Crippen LogP contribution < -0.4 is 5.32 Å². The maximum absolute atomic E-state index is 12.9. The number of hydrogen-bond acceptors (Lipinski definition) is 4. The van der Waals surface area contributed by atoms with Gasteiger partial charge in [0, 0.05) is 30.6 Å². The van der Waals surface area contributed by atoms with Gasteiger partial charge in [-0.15, -0.1) is 0 Å². The lowest BCUT2D eigenvalue weighted by atomic mass is 10.0. The molecule has 2 aromatic carbocycles. The van der Waals surface area contributed by atoms with Crippen molar-refractivity contribution in [3.63, 3.8) is 0 Å². The average Bonchev–Trinajstić information content (AvgIpc) is 2.74. The summed E-state index contributed by atoms with van der Waals surface area (Å²) >= 11 is 0. The second-order valence-corrected chi connectivity index (χ2v) is 7.06. The van der Waals surface area contributed by atoms with Crippen molar-refractivity contribution < 1.29 is 27.5 Å². The molecule has 5 nitrogen and oxygen atoms in total. The minimum absolute atomic E-state index is 0.122. The largest absolute Gasteiger partial charge is 0.416 e. The highest BCUT2D eigenvalue weighted by Gasteiger charge is 2.31. The van der Waals surface area contributed by atoms with Crippen molar-refractivity contribution >= 4 is 17.4 Å². The van der Waals surface area contributed by atoms with Crippen molar-refractivity contribution in [1.82, 2.24) is 4.90 Å². The van der Waals surface area contributed by atoms with E-state index < -0.39 is 17.6 Å². The molecule has 0 aromatic heterocycles. The van der Waals surface area contributed by atoms with Gasteiger partial charge in [0.2, 0.25) is 0 Å². The molecule has 3 rings (SSSR count). The van der Waals surface area contributed by atoms with Crippen LogP contribution in [-0.2, 0) is 10.9 Å². The monoisotopic (exact) mass is 420 g/mol. The average molecular weight is 420 g/mol. The van der Waals surface area contributed by atoms with Gasteiger partial charge in [-0.1, -0.05) is 18.2 Å². The first-order valence-electron chi connectivity index (χ1n) is 9.75. The molecule has 0 radical (unpaired) electrons. The number of nitrogens with one attached hydrogen (secondary N) is 1. The molecule has 0 atom stereocenters. The Hall–Kier alpha value is -2.71. The number of carbonyl (C=O) groups is 2. The highest BCUT2D eigenvalue weighted by Crippen LogP contribution is 2.29. The van der Waals surface area contributed by atoms with Crippen LogP contribution in [0, 0.1) is 0 Å². The van der Waals surface area contributed by atoms with Crippen LogP contribution in [0.1, 0.15) is 39.1 Å². The molecule has 0 aliphatic carbocycles. The van der Waals surface area contributed by atoms with E-state index in [1.807, 2.05) is 0 Å². The van der Waals surface area contributed by atoms with Crippen molar-refractivity contribution in [2.24, 2.45) is 0 Å². The zero-order valence-corrected chi connectivity index (χ0v) is 16.4. The quantitative estimate of drug-likeness (QED) is 0.681. The third-order valence-corrected chi connectivity index (χ3v) is 4.91.